The average molecular weight is 207 g/mol. The van der Waals surface area contributed by atoms with Crippen molar-refractivity contribution in [1.29, 1.82) is 0 Å². The summed E-state index contributed by atoms with van der Waals surface area (Å²) >= 11 is 0. The summed E-state index contributed by atoms with van der Waals surface area (Å²) in [7, 11) is 0. The number of nitro benzene ring substituents is 1. The van der Waals surface area contributed by atoms with Gasteiger partial charge in [0.1, 0.15) is 6.29 Å². The van der Waals surface area contributed by atoms with Crippen LogP contribution >= 0.6 is 0 Å². The van der Waals surface area contributed by atoms with Gasteiger partial charge in [0.05, 0.1) is 17.1 Å². The van der Waals surface area contributed by atoms with Crippen LogP contribution < -0.4 is 0 Å². The van der Waals surface area contributed by atoms with Crippen molar-refractivity contribution in [3.8, 4) is 0 Å². The summed E-state index contributed by atoms with van der Waals surface area (Å²) in [4.78, 5) is 20.1. The molecule has 0 atom stereocenters. The van der Waals surface area contributed by atoms with E-state index in [-0.39, 0.29) is 17.9 Å². The number of aliphatic hydroxyl groups is 1. The molecule has 5 heteroatoms. The maximum atomic E-state index is 10.6. The number of nitrogens with zero attached hydrogens (tertiary/aromatic N) is 1. The van der Waals surface area contributed by atoms with Crippen molar-refractivity contribution in [2.24, 2.45) is 0 Å². The minimum Gasteiger partial charge on any atom is -0.391 e. The van der Waals surface area contributed by atoms with Crippen molar-refractivity contribution in [3.05, 3.63) is 45.5 Å². The molecule has 0 unspecified atom stereocenters. The molecule has 1 N–H and O–H groups in total. The first kappa shape index (κ1) is 11.1. The van der Waals surface area contributed by atoms with Crippen LogP contribution in [-0.4, -0.2) is 16.3 Å². The molecule has 0 radical (unpaired) electrons. The van der Waals surface area contributed by atoms with Gasteiger partial charge in [-0.25, -0.2) is 0 Å². The van der Waals surface area contributed by atoms with Crippen LogP contribution in [0.1, 0.15) is 11.1 Å². The molecule has 1 aromatic carbocycles. The number of benzene rings is 1. The number of carbonyl (C=O) groups is 1. The summed E-state index contributed by atoms with van der Waals surface area (Å²) in [6, 6.07) is 4.37. The summed E-state index contributed by atoms with van der Waals surface area (Å²) in [5.41, 5.74) is 0.653. The standard InChI is InChI=1S/C10H9NO4/c12-5-1-2-8-3-4-9(7-13)10(6-8)11(14)15/h1-6,13H,7H2. The Hall–Kier alpha value is -2.01. The van der Waals surface area contributed by atoms with E-state index in [2.05, 4.69) is 0 Å². The molecule has 5 nitrogen and oxygen atoms in total. The second-order valence-electron chi connectivity index (χ2n) is 2.80. The van der Waals surface area contributed by atoms with E-state index >= 15 is 0 Å². The Kier molecular flexibility index (Phi) is 3.70. The lowest BCUT2D eigenvalue weighted by Crippen LogP contribution is -1.95. The second kappa shape index (κ2) is 5.02. The van der Waals surface area contributed by atoms with Crippen LogP contribution in [0, 0.1) is 10.1 Å². The molecule has 0 fully saturated rings. The molecule has 0 saturated heterocycles. The van der Waals surface area contributed by atoms with Gasteiger partial charge < -0.3 is 5.11 Å². The quantitative estimate of drug-likeness (QED) is 0.349. The normalized spacial score (nSPS) is 10.5. The topological polar surface area (TPSA) is 80.4 Å². The van der Waals surface area contributed by atoms with Gasteiger partial charge in [0.25, 0.3) is 5.69 Å². The fourth-order valence-corrected chi connectivity index (χ4v) is 1.14. The zero-order chi connectivity index (χ0) is 11.3. The lowest BCUT2D eigenvalue weighted by molar-refractivity contribution is -0.385. The molecule has 0 amide bonds. The van der Waals surface area contributed by atoms with Crippen molar-refractivity contribution in [1.82, 2.24) is 0 Å². The van der Waals surface area contributed by atoms with E-state index in [0.29, 0.717) is 11.8 Å². The second-order valence-corrected chi connectivity index (χ2v) is 2.80. The predicted octanol–water partition coefficient (Wildman–Crippen LogP) is 1.30. The van der Waals surface area contributed by atoms with Gasteiger partial charge in [-0.05, 0) is 17.7 Å². The lowest BCUT2D eigenvalue weighted by atomic mass is 10.1. The molecule has 0 aliphatic heterocycles. The first-order chi connectivity index (χ1) is 7.19. The summed E-state index contributed by atoms with van der Waals surface area (Å²) in [6.07, 6.45) is 3.30. The number of aldehydes is 1. The summed E-state index contributed by atoms with van der Waals surface area (Å²) in [5, 5.41) is 19.5. The van der Waals surface area contributed by atoms with Gasteiger partial charge in [0.2, 0.25) is 0 Å². The van der Waals surface area contributed by atoms with Crippen molar-refractivity contribution < 1.29 is 14.8 Å². The SMILES string of the molecule is O=CC=Cc1ccc(CO)c([N+](=O)[O-])c1. The first-order valence-corrected chi connectivity index (χ1v) is 4.19. The van der Waals surface area contributed by atoms with Gasteiger partial charge in [-0.3, -0.25) is 14.9 Å². The summed E-state index contributed by atoms with van der Waals surface area (Å²) in [6.45, 7) is -0.381. The van der Waals surface area contributed by atoms with Crippen LogP contribution in [0.25, 0.3) is 6.08 Å². The largest absolute Gasteiger partial charge is 0.391 e. The third-order valence-electron chi connectivity index (χ3n) is 1.84. The zero-order valence-corrected chi connectivity index (χ0v) is 7.79. The Morgan fingerprint density at radius 3 is 2.73 bits per heavy atom. The fraction of sp³-hybridized carbons (Fsp3) is 0.100. The van der Waals surface area contributed by atoms with Crippen LogP contribution in [0.5, 0.6) is 0 Å². The van der Waals surface area contributed by atoms with Crippen molar-refractivity contribution >= 4 is 18.0 Å². The number of rotatable bonds is 4. The number of aliphatic hydroxyl groups excluding tert-OH is 1. The number of nitro groups is 1. The Bertz CT molecular complexity index is 412. The minimum absolute atomic E-state index is 0.148. The van der Waals surface area contributed by atoms with Gasteiger partial charge in [-0.15, -0.1) is 0 Å². The Morgan fingerprint density at radius 2 is 2.20 bits per heavy atom. The molecular formula is C10H9NO4. The van der Waals surface area contributed by atoms with Crippen molar-refractivity contribution in [2.45, 2.75) is 6.61 Å². The minimum atomic E-state index is -0.566. The van der Waals surface area contributed by atoms with Gasteiger partial charge >= 0.3 is 0 Å². The van der Waals surface area contributed by atoms with Gasteiger partial charge in [-0.2, -0.15) is 0 Å². The monoisotopic (exact) mass is 207 g/mol. The molecule has 15 heavy (non-hydrogen) atoms. The number of hydrogen-bond acceptors (Lipinski definition) is 4. The highest BCUT2D eigenvalue weighted by Gasteiger charge is 2.12. The molecule has 0 aromatic heterocycles. The molecule has 0 bridgehead atoms. The maximum Gasteiger partial charge on any atom is 0.275 e. The Labute approximate surface area is 85.8 Å². The van der Waals surface area contributed by atoms with Crippen molar-refractivity contribution in [2.75, 3.05) is 0 Å². The molecule has 1 rings (SSSR count). The third kappa shape index (κ3) is 2.72. The van der Waals surface area contributed by atoms with E-state index in [0.717, 1.165) is 0 Å². The lowest BCUT2D eigenvalue weighted by Gasteiger charge is -2.00. The molecule has 0 aliphatic carbocycles. The van der Waals surface area contributed by atoms with Crippen LogP contribution in [0.3, 0.4) is 0 Å². The Balaban J connectivity index is 3.15. The molecule has 0 heterocycles. The van der Waals surface area contributed by atoms with Gasteiger partial charge in [0.15, 0.2) is 0 Å². The fourth-order valence-electron chi connectivity index (χ4n) is 1.14. The highest BCUT2D eigenvalue weighted by atomic mass is 16.6. The number of allylic oxidation sites excluding steroid dienone is 1. The van der Waals surface area contributed by atoms with Crippen LogP contribution in [-0.2, 0) is 11.4 Å². The molecule has 78 valence electrons. The molecular weight excluding hydrogens is 198 g/mol. The van der Waals surface area contributed by atoms with Gasteiger partial charge in [0, 0.05) is 6.07 Å². The highest BCUT2D eigenvalue weighted by molar-refractivity contribution is 5.74. The van der Waals surface area contributed by atoms with E-state index in [9.17, 15) is 14.9 Å². The van der Waals surface area contributed by atoms with Crippen LogP contribution in [0.15, 0.2) is 24.3 Å². The summed E-state index contributed by atoms with van der Waals surface area (Å²) < 4.78 is 0. The van der Waals surface area contributed by atoms with E-state index in [4.69, 9.17) is 5.11 Å². The number of hydrogen-bond donors (Lipinski definition) is 1. The summed E-state index contributed by atoms with van der Waals surface area (Å²) in [5.74, 6) is 0. The van der Waals surface area contributed by atoms with E-state index in [1.807, 2.05) is 0 Å². The van der Waals surface area contributed by atoms with E-state index in [1.165, 1.54) is 24.3 Å². The third-order valence-corrected chi connectivity index (χ3v) is 1.84. The maximum absolute atomic E-state index is 10.6. The molecule has 1 aromatic rings. The highest BCUT2D eigenvalue weighted by Crippen LogP contribution is 2.20. The van der Waals surface area contributed by atoms with Gasteiger partial charge in [-0.1, -0.05) is 12.1 Å². The van der Waals surface area contributed by atoms with E-state index < -0.39 is 4.92 Å². The smallest absolute Gasteiger partial charge is 0.275 e. The average Bonchev–Trinajstić information content (AvgIpc) is 2.25. The molecule has 0 aliphatic rings. The van der Waals surface area contributed by atoms with Crippen LogP contribution in [0.2, 0.25) is 0 Å². The predicted molar refractivity (Wildman–Crippen MR) is 54.1 cm³/mol. The molecule has 0 spiro atoms. The van der Waals surface area contributed by atoms with E-state index in [1.54, 1.807) is 6.07 Å². The molecule has 0 saturated carbocycles. The number of carbonyl (C=O) groups excluding carboxylic acids is 1. The first-order valence-electron chi connectivity index (χ1n) is 4.19. The van der Waals surface area contributed by atoms with Crippen molar-refractivity contribution in [3.63, 3.8) is 0 Å². The van der Waals surface area contributed by atoms with Crippen LogP contribution in [0.4, 0.5) is 5.69 Å². The zero-order valence-electron chi connectivity index (χ0n) is 7.79. The Morgan fingerprint density at radius 1 is 1.47 bits per heavy atom.